The molecule has 2 aromatic rings. The molecule has 1 heterocycles. The van der Waals surface area contributed by atoms with Gasteiger partial charge in [-0.25, -0.2) is 17.5 Å². The molecule has 0 bridgehead atoms. The third-order valence-corrected chi connectivity index (χ3v) is 7.91. The molecule has 0 radical (unpaired) electrons. The van der Waals surface area contributed by atoms with Gasteiger partial charge in [-0.15, -0.1) is 0 Å². The number of rotatable bonds is 5. The maximum atomic E-state index is 13.4. The Labute approximate surface area is 192 Å². The average molecular weight is 471 g/mol. The topological polar surface area (TPSA) is 116 Å². The SMILES string of the molecule is CN(C)S(=O)(=O)c1cccc(NC(=O)CN2C(=O)N[C@@]3(CCCCc4ccccc43)C2=O)c1. The van der Waals surface area contributed by atoms with Gasteiger partial charge in [-0.1, -0.05) is 30.3 Å². The van der Waals surface area contributed by atoms with Crippen molar-refractivity contribution in [2.24, 2.45) is 0 Å². The molecule has 1 spiro atoms. The summed E-state index contributed by atoms with van der Waals surface area (Å²) in [5.41, 5.74) is 0.896. The van der Waals surface area contributed by atoms with Gasteiger partial charge in [0.25, 0.3) is 5.91 Å². The van der Waals surface area contributed by atoms with Crippen LogP contribution in [0.3, 0.4) is 0 Å². The zero-order valence-electron chi connectivity index (χ0n) is 18.5. The molecule has 2 aliphatic rings. The van der Waals surface area contributed by atoms with Crippen molar-refractivity contribution in [3.05, 3.63) is 59.7 Å². The number of urea groups is 1. The van der Waals surface area contributed by atoms with Crippen molar-refractivity contribution in [1.29, 1.82) is 0 Å². The van der Waals surface area contributed by atoms with Crippen LogP contribution in [-0.4, -0.2) is 56.1 Å². The van der Waals surface area contributed by atoms with E-state index < -0.39 is 40.0 Å². The van der Waals surface area contributed by atoms with E-state index >= 15 is 0 Å². The minimum Gasteiger partial charge on any atom is -0.324 e. The summed E-state index contributed by atoms with van der Waals surface area (Å²) < 4.78 is 25.8. The molecule has 1 atom stereocenters. The van der Waals surface area contributed by atoms with Gasteiger partial charge in [0.05, 0.1) is 4.90 Å². The molecule has 4 amide bonds. The normalized spacial score (nSPS) is 20.5. The maximum Gasteiger partial charge on any atom is 0.325 e. The summed E-state index contributed by atoms with van der Waals surface area (Å²) in [6, 6.07) is 12.8. The zero-order chi connectivity index (χ0) is 23.8. The van der Waals surface area contributed by atoms with Crippen LogP contribution in [0.15, 0.2) is 53.4 Å². The molecule has 1 aliphatic carbocycles. The van der Waals surface area contributed by atoms with Crippen LogP contribution in [0.5, 0.6) is 0 Å². The molecule has 0 unspecified atom stereocenters. The first-order valence-electron chi connectivity index (χ1n) is 10.7. The van der Waals surface area contributed by atoms with Crippen molar-refractivity contribution in [2.45, 2.75) is 36.1 Å². The highest BCUT2D eigenvalue weighted by Gasteiger charge is 2.53. The molecule has 33 heavy (non-hydrogen) atoms. The number of carbonyl (C=O) groups excluding carboxylic acids is 3. The van der Waals surface area contributed by atoms with Crippen molar-refractivity contribution < 1.29 is 22.8 Å². The van der Waals surface area contributed by atoms with Gasteiger partial charge in [0.1, 0.15) is 12.1 Å². The largest absolute Gasteiger partial charge is 0.325 e. The fraction of sp³-hybridized carbons (Fsp3) is 0.348. The average Bonchev–Trinajstić information content (AvgIpc) is 2.91. The molecule has 1 fully saturated rings. The molecule has 1 saturated heterocycles. The van der Waals surface area contributed by atoms with Gasteiger partial charge in [-0.2, -0.15) is 0 Å². The number of benzene rings is 2. The van der Waals surface area contributed by atoms with Crippen LogP contribution in [0.4, 0.5) is 10.5 Å². The van der Waals surface area contributed by atoms with E-state index in [4.69, 9.17) is 0 Å². The molecule has 4 rings (SSSR count). The summed E-state index contributed by atoms with van der Waals surface area (Å²) in [5, 5.41) is 5.44. The Morgan fingerprint density at radius 2 is 1.88 bits per heavy atom. The zero-order valence-corrected chi connectivity index (χ0v) is 19.3. The number of fused-ring (bicyclic) bond motifs is 2. The molecular formula is C23H26N4O5S. The minimum absolute atomic E-state index is 0.0225. The summed E-state index contributed by atoms with van der Waals surface area (Å²) in [6.45, 7) is -0.473. The number of hydrogen-bond donors (Lipinski definition) is 2. The third kappa shape index (κ3) is 4.11. The molecule has 0 aromatic heterocycles. The molecule has 2 aromatic carbocycles. The Balaban J connectivity index is 1.54. The van der Waals surface area contributed by atoms with Gasteiger partial charge in [-0.05, 0) is 55.0 Å². The molecular weight excluding hydrogens is 444 g/mol. The molecule has 10 heteroatoms. The number of imide groups is 1. The van der Waals surface area contributed by atoms with E-state index in [1.165, 1.54) is 32.3 Å². The highest BCUT2D eigenvalue weighted by molar-refractivity contribution is 7.89. The second kappa shape index (κ2) is 8.60. The quantitative estimate of drug-likeness (QED) is 0.649. The first kappa shape index (κ1) is 22.9. The van der Waals surface area contributed by atoms with Crippen LogP contribution in [-0.2, 0) is 31.6 Å². The lowest BCUT2D eigenvalue weighted by Crippen LogP contribution is -2.44. The van der Waals surface area contributed by atoms with Gasteiger partial charge in [0.15, 0.2) is 0 Å². The van der Waals surface area contributed by atoms with E-state index in [-0.39, 0.29) is 10.6 Å². The number of carbonyl (C=O) groups is 3. The monoisotopic (exact) mass is 470 g/mol. The first-order chi connectivity index (χ1) is 15.6. The fourth-order valence-corrected chi connectivity index (χ4v) is 5.35. The van der Waals surface area contributed by atoms with Crippen molar-refractivity contribution in [1.82, 2.24) is 14.5 Å². The molecule has 1 aliphatic heterocycles. The minimum atomic E-state index is -3.67. The Morgan fingerprint density at radius 3 is 2.64 bits per heavy atom. The molecule has 0 saturated carbocycles. The molecule has 2 N–H and O–H groups in total. The number of nitrogens with one attached hydrogen (secondary N) is 2. The van der Waals surface area contributed by atoms with Gasteiger partial charge in [-0.3, -0.25) is 14.5 Å². The number of aryl methyl sites for hydroxylation is 1. The number of hydrogen-bond acceptors (Lipinski definition) is 5. The van der Waals surface area contributed by atoms with Crippen LogP contribution in [0.1, 0.15) is 30.4 Å². The second-order valence-corrected chi connectivity index (χ2v) is 10.6. The lowest BCUT2D eigenvalue weighted by atomic mass is 9.84. The van der Waals surface area contributed by atoms with E-state index in [1.54, 1.807) is 6.07 Å². The second-order valence-electron chi connectivity index (χ2n) is 8.45. The van der Waals surface area contributed by atoms with Crippen molar-refractivity contribution in [2.75, 3.05) is 26.0 Å². The lowest BCUT2D eigenvalue weighted by Gasteiger charge is -2.27. The van der Waals surface area contributed by atoms with Crippen molar-refractivity contribution in [3.8, 4) is 0 Å². The highest BCUT2D eigenvalue weighted by Crippen LogP contribution is 2.38. The number of anilines is 1. The summed E-state index contributed by atoms with van der Waals surface area (Å²) in [5.74, 6) is -1.04. The summed E-state index contributed by atoms with van der Waals surface area (Å²) in [7, 11) is -0.840. The lowest BCUT2D eigenvalue weighted by molar-refractivity contribution is -0.134. The third-order valence-electron chi connectivity index (χ3n) is 6.10. The molecule has 174 valence electrons. The van der Waals surface area contributed by atoms with E-state index in [2.05, 4.69) is 10.6 Å². The number of sulfonamides is 1. The van der Waals surface area contributed by atoms with Crippen LogP contribution < -0.4 is 10.6 Å². The summed E-state index contributed by atoms with van der Waals surface area (Å²) in [6.07, 6.45) is 2.98. The number of nitrogens with zero attached hydrogens (tertiary/aromatic N) is 2. The summed E-state index contributed by atoms with van der Waals surface area (Å²) >= 11 is 0. The fourth-order valence-electron chi connectivity index (χ4n) is 4.41. The smallest absolute Gasteiger partial charge is 0.324 e. The van der Waals surface area contributed by atoms with Gasteiger partial charge in [0, 0.05) is 19.8 Å². The van der Waals surface area contributed by atoms with Crippen LogP contribution in [0.2, 0.25) is 0 Å². The van der Waals surface area contributed by atoms with Gasteiger partial charge < -0.3 is 10.6 Å². The van der Waals surface area contributed by atoms with E-state index in [0.29, 0.717) is 6.42 Å². The van der Waals surface area contributed by atoms with Crippen molar-refractivity contribution >= 4 is 33.6 Å². The predicted octanol–water partition coefficient (Wildman–Crippen LogP) is 2.05. The van der Waals surface area contributed by atoms with Gasteiger partial charge >= 0.3 is 6.03 Å². The Kier molecular flexibility index (Phi) is 5.98. The first-order valence-corrected chi connectivity index (χ1v) is 12.1. The highest BCUT2D eigenvalue weighted by atomic mass is 32.2. The maximum absolute atomic E-state index is 13.4. The standard InChI is InChI=1S/C23H26N4O5S/c1-26(2)33(31,32)18-11-7-10-17(14-18)24-20(28)15-27-21(29)23(25-22(27)30)13-6-5-9-16-8-3-4-12-19(16)23/h3-4,7-8,10-12,14H,5-6,9,13,15H2,1-2H3,(H,24,28)(H,25,30)/t23-/m1/s1. The molecule has 9 nitrogen and oxygen atoms in total. The van der Waals surface area contributed by atoms with Crippen molar-refractivity contribution in [3.63, 3.8) is 0 Å². The summed E-state index contributed by atoms with van der Waals surface area (Å²) in [4.78, 5) is 39.8. The van der Waals surface area contributed by atoms with E-state index in [1.807, 2.05) is 24.3 Å². The Morgan fingerprint density at radius 1 is 1.12 bits per heavy atom. The number of amides is 4. The Hall–Kier alpha value is -3.24. The van der Waals surface area contributed by atoms with E-state index in [9.17, 15) is 22.8 Å². The Bertz CT molecular complexity index is 1230. The van der Waals surface area contributed by atoms with Crippen LogP contribution in [0.25, 0.3) is 0 Å². The predicted molar refractivity (Wildman–Crippen MR) is 122 cm³/mol. The van der Waals surface area contributed by atoms with Gasteiger partial charge in [0.2, 0.25) is 15.9 Å². The van der Waals surface area contributed by atoms with Crippen LogP contribution >= 0.6 is 0 Å². The van der Waals surface area contributed by atoms with E-state index in [0.717, 1.165) is 39.6 Å². The van der Waals surface area contributed by atoms with Crippen LogP contribution in [0, 0.1) is 0 Å².